The van der Waals surface area contributed by atoms with Gasteiger partial charge in [-0.3, -0.25) is 0 Å². The highest BCUT2D eigenvalue weighted by Crippen LogP contribution is 2.34. The highest BCUT2D eigenvalue weighted by atomic mass is 35.5. The van der Waals surface area contributed by atoms with Crippen LogP contribution >= 0.6 is 11.6 Å². The number of hydrogen-bond donors (Lipinski definition) is 0. The first kappa shape index (κ1) is 14.3. The molecule has 0 radical (unpaired) electrons. The zero-order valence-electron chi connectivity index (χ0n) is 11.0. The van der Waals surface area contributed by atoms with Gasteiger partial charge in [0.25, 0.3) is 0 Å². The van der Waals surface area contributed by atoms with Gasteiger partial charge >= 0.3 is 0 Å². The zero-order chi connectivity index (χ0) is 12.8. The van der Waals surface area contributed by atoms with Crippen LogP contribution in [-0.2, 0) is 14.2 Å². The van der Waals surface area contributed by atoms with Crippen LogP contribution in [0.4, 0.5) is 0 Å². The van der Waals surface area contributed by atoms with Gasteiger partial charge in [-0.25, -0.2) is 0 Å². The quantitative estimate of drug-likeness (QED) is 0.787. The molecule has 0 aromatic carbocycles. The summed E-state index contributed by atoms with van der Waals surface area (Å²) in [6.45, 7) is 4.05. The van der Waals surface area contributed by atoms with Crippen LogP contribution in [0.2, 0.25) is 0 Å². The highest BCUT2D eigenvalue weighted by Gasteiger charge is 2.32. The standard InChI is InChI=1S/C14H23ClO3/c1-2-16-13-9-17-14(18-10-13)12-5-3-11(4-6-12)7-8-15/h7-8,11-14H,2-6,9-10H2,1H3/b8-7+. The molecule has 0 spiro atoms. The van der Waals surface area contributed by atoms with Gasteiger partial charge < -0.3 is 14.2 Å². The summed E-state index contributed by atoms with van der Waals surface area (Å²) in [6, 6.07) is 0. The summed E-state index contributed by atoms with van der Waals surface area (Å²) < 4.78 is 17.1. The van der Waals surface area contributed by atoms with Crippen LogP contribution in [0.1, 0.15) is 32.6 Å². The van der Waals surface area contributed by atoms with E-state index in [0.29, 0.717) is 25.0 Å². The van der Waals surface area contributed by atoms with E-state index in [1.54, 1.807) is 5.54 Å². The second-order valence-corrected chi connectivity index (χ2v) is 5.36. The second-order valence-electron chi connectivity index (χ2n) is 5.11. The summed E-state index contributed by atoms with van der Waals surface area (Å²) in [6.07, 6.45) is 6.89. The van der Waals surface area contributed by atoms with Gasteiger partial charge in [0.1, 0.15) is 6.10 Å². The third-order valence-electron chi connectivity index (χ3n) is 3.84. The lowest BCUT2D eigenvalue weighted by atomic mass is 9.81. The minimum Gasteiger partial charge on any atom is -0.374 e. The number of rotatable bonds is 4. The molecule has 0 aromatic heterocycles. The molecule has 2 fully saturated rings. The fraction of sp³-hybridized carbons (Fsp3) is 0.857. The normalized spacial score (nSPS) is 38.1. The van der Waals surface area contributed by atoms with Crippen molar-refractivity contribution in [3.63, 3.8) is 0 Å². The molecule has 0 N–H and O–H groups in total. The van der Waals surface area contributed by atoms with Gasteiger partial charge in [0.15, 0.2) is 6.29 Å². The van der Waals surface area contributed by atoms with E-state index in [-0.39, 0.29) is 12.4 Å². The average molecular weight is 275 g/mol. The Morgan fingerprint density at radius 1 is 1.17 bits per heavy atom. The van der Waals surface area contributed by atoms with E-state index >= 15 is 0 Å². The molecule has 1 aliphatic heterocycles. The third kappa shape index (κ3) is 3.95. The maximum Gasteiger partial charge on any atom is 0.160 e. The summed E-state index contributed by atoms with van der Waals surface area (Å²) >= 11 is 5.62. The Labute approximate surface area is 114 Å². The van der Waals surface area contributed by atoms with E-state index in [1.807, 2.05) is 6.92 Å². The van der Waals surface area contributed by atoms with Crippen molar-refractivity contribution in [1.82, 2.24) is 0 Å². The number of halogens is 1. The zero-order valence-corrected chi connectivity index (χ0v) is 11.8. The van der Waals surface area contributed by atoms with Gasteiger partial charge in [-0.2, -0.15) is 0 Å². The first-order valence-electron chi connectivity index (χ1n) is 6.95. The molecule has 0 amide bonds. The fourth-order valence-electron chi connectivity index (χ4n) is 2.82. The molecule has 4 heteroatoms. The lowest BCUT2D eigenvalue weighted by Gasteiger charge is -2.36. The molecule has 3 nitrogen and oxygen atoms in total. The Morgan fingerprint density at radius 3 is 2.39 bits per heavy atom. The van der Waals surface area contributed by atoms with E-state index in [4.69, 9.17) is 25.8 Å². The lowest BCUT2D eigenvalue weighted by molar-refractivity contribution is -0.248. The van der Waals surface area contributed by atoms with Gasteiger partial charge in [-0.05, 0) is 38.5 Å². The molecule has 1 heterocycles. The predicted molar refractivity (Wildman–Crippen MR) is 71.5 cm³/mol. The molecule has 0 aromatic rings. The predicted octanol–water partition coefficient (Wildman–Crippen LogP) is 3.32. The van der Waals surface area contributed by atoms with Crippen LogP contribution in [0, 0.1) is 11.8 Å². The van der Waals surface area contributed by atoms with Crippen molar-refractivity contribution in [2.45, 2.75) is 45.0 Å². The summed E-state index contributed by atoms with van der Waals surface area (Å²) in [5.74, 6) is 1.17. The van der Waals surface area contributed by atoms with Crippen LogP contribution in [0.3, 0.4) is 0 Å². The van der Waals surface area contributed by atoms with Crippen LogP contribution < -0.4 is 0 Å². The summed E-state index contributed by atoms with van der Waals surface area (Å²) in [5.41, 5.74) is 1.64. The molecule has 0 atom stereocenters. The first-order chi connectivity index (χ1) is 8.83. The summed E-state index contributed by atoms with van der Waals surface area (Å²) in [4.78, 5) is 0. The van der Waals surface area contributed by atoms with E-state index in [2.05, 4.69) is 6.08 Å². The van der Waals surface area contributed by atoms with E-state index in [9.17, 15) is 0 Å². The van der Waals surface area contributed by atoms with Crippen LogP contribution in [0.15, 0.2) is 11.6 Å². The molecule has 0 unspecified atom stereocenters. The van der Waals surface area contributed by atoms with Crippen molar-refractivity contribution in [1.29, 1.82) is 0 Å². The van der Waals surface area contributed by atoms with Gasteiger partial charge in [0, 0.05) is 18.1 Å². The molecule has 104 valence electrons. The topological polar surface area (TPSA) is 27.7 Å². The maximum atomic E-state index is 5.79. The molecule has 1 saturated heterocycles. The monoisotopic (exact) mass is 274 g/mol. The molecule has 18 heavy (non-hydrogen) atoms. The molecular formula is C14H23ClO3. The van der Waals surface area contributed by atoms with Crippen molar-refractivity contribution in [2.75, 3.05) is 19.8 Å². The van der Waals surface area contributed by atoms with Gasteiger partial charge in [0.2, 0.25) is 0 Å². The van der Waals surface area contributed by atoms with Crippen molar-refractivity contribution in [2.24, 2.45) is 11.8 Å². The minimum atomic E-state index is -0.0253. The van der Waals surface area contributed by atoms with Crippen LogP contribution in [-0.4, -0.2) is 32.2 Å². The molecule has 1 saturated carbocycles. The van der Waals surface area contributed by atoms with Crippen LogP contribution in [0.25, 0.3) is 0 Å². The fourth-order valence-corrected chi connectivity index (χ4v) is 3.02. The Morgan fingerprint density at radius 2 is 1.83 bits per heavy atom. The van der Waals surface area contributed by atoms with Crippen molar-refractivity contribution in [3.05, 3.63) is 11.6 Å². The van der Waals surface area contributed by atoms with Crippen molar-refractivity contribution in [3.8, 4) is 0 Å². The Hall–Kier alpha value is -0.0900. The Kier molecular flexibility index (Phi) is 5.96. The maximum absolute atomic E-state index is 5.79. The number of ether oxygens (including phenoxy) is 3. The van der Waals surface area contributed by atoms with Crippen molar-refractivity contribution < 1.29 is 14.2 Å². The molecular weight excluding hydrogens is 252 g/mol. The van der Waals surface area contributed by atoms with Gasteiger partial charge in [0.05, 0.1) is 13.2 Å². The second kappa shape index (κ2) is 7.49. The lowest BCUT2D eigenvalue weighted by Crippen LogP contribution is -2.41. The van der Waals surface area contributed by atoms with E-state index in [0.717, 1.165) is 19.4 Å². The smallest absolute Gasteiger partial charge is 0.160 e. The Bertz CT molecular complexity index is 254. The Balaban J connectivity index is 1.71. The SMILES string of the molecule is CCOC1COC(C2CCC(/C=C/Cl)CC2)OC1. The first-order valence-corrected chi connectivity index (χ1v) is 7.38. The largest absolute Gasteiger partial charge is 0.374 e. The number of hydrogen-bond acceptors (Lipinski definition) is 3. The molecule has 2 rings (SSSR count). The molecule has 1 aliphatic carbocycles. The number of allylic oxidation sites excluding steroid dienone is 1. The average Bonchev–Trinajstić information content (AvgIpc) is 2.41. The van der Waals surface area contributed by atoms with E-state index in [1.165, 1.54) is 12.8 Å². The highest BCUT2D eigenvalue weighted by molar-refractivity contribution is 6.25. The van der Waals surface area contributed by atoms with E-state index < -0.39 is 0 Å². The third-order valence-corrected chi connectivity index (χ3v) is 3.99. The van der Waals surface area contributed by atoms with Crippen LogP contribution in [0.5, 0.6) is 0 Å². The summed E-state index contributed by atoms with van der Waals surface area (Å²) in [7, 11) is 0. The summed E-state index contributed by atoms with van der Waals surface area (Å²) in [5, 5.41) is 0. The minimum absolute atomic E-state index is 0.0253. The molecule has 0 bridgehead atoms. The van der Waals surface area contributed by atoms with Gasteiger partial charge in [-0.15, -0.1) is 0 Å². The molecule has 2 aliphatic rings. The van der Waals surface area contributed by atoms with Gasteiger partial charge in [-0.1, -0.05) is 17.7 Å². The van der Waals surface area contributed by atoms with Crippen molar-refractivity contribution >= 4 is 11.6 Å².